The first kappa shape index (κ1) is 24.1. The summed E-state index contributed by atoms with van der Waals surface area (Å²) < 4.78 is 0. The van der Waals surface area contributed by atoms with Crippen molar-refractivity contribution in [1.82, 2.24) is 0 Å². The van der Waals surface area contributed by atoms with E-state index in [1.54, 1.807) is 0 Å². The van der Waals surface area contributed by atoms with Gasteiger partial charge in [-0.15, -0.1) is 0 Å². The maximum absolute atomic E-state index is 5.97. The molecule has 7 rings (SSSR count). The van der Waals surface area contributed by atoms with Crippen molar-refractivity contribution in [2.45, 2.75) is 12.0 Å². The van der Waals surface area contributed by atoms with Gasteiger partial charge in [0.15, 0.2) is 0 Å². The highest BCUT2D eigenvalue weighted by molar-refractivity contribution is 6.01. The third-order valence-electron chi connectivity index (χ3n) is 8.13. The van der Waals surface area contributed by atoms with E-state index in [1.807, 2.05) is 0 Å². The second-order valence-corrected chi connectivity index (χ2v) is 10.3. The zero-order valence-electron chi connectivity index (χ0n) is 22.2. The minimum Gasteiger partial charge on any atom is -0.355 e. The molecule has 0 amide bonds. The zero-order valence-corrected chi connectivity index (χ0v) is 22.2. The molecule has 2 heteroatoms. The van der Waals surface area contributed by atoms with Crippen molar-refractivity contribution in [3.05, 3.63) is 179 Å². The van der Waals surface area contributed by atoms with E-state index < -0.39 is 5.41 Å². The van der Waals surface area contributed by atoms with Crippen molar-refractivity contribution in [3.8, 4) is 22.3 Å². The van der Waals surface area contributed by atoms with Gasteiger partial charge in [-0.2, -0.15) is 0 Å². The summed E-state index contributed by atoms with van der Waals surface area (Å²) in [6.07, 6.45) is 0. The number of fused-ring (bicyclic) bond motifs is 3. The first-order chi connectivity index (χ1) is 19.8. The fraction of sp³-hybridized carbons (Fsp3) is 0.0526. The highest BCUT2D eigenvalue weighted by Gasteiger charge is 2.47. The minimum atomic E-state index is -0.435. The van der Waals surface area contributed by atoms with Crippen LogP contribution in [-0.4, -0.2) is 0 Å². The summed E-state index contributed by atoms with van der Waals surface area (Å²) in [7, 11) is 0. The first-order valence-electron chi connectivity index (χ1n) is 13.8. The number of benzene rings is 6. The molecule has 0 heterocycles. The number of rotatable bonds is 6. The van der Waals surface area contributed by atoms with E-state index in [1.165, 1.54) is 44.5 Å². The van der Waals surface area contributed by atoms with Crippen LogP contribution in [0.3, 0.4) is 0 Å². The van der Waals surface area contributed by atoms with Crippen LogP contribution in [0, 0.1) is 0 Å². The smallest absolute Gasteiger partial charge is 0.0713 e. The standard InChI is InChI=1S/C38H30N2/c39-26-27-13-12-20-31(25-27)40-35-24-23-34-37(36(35)28-14-4-1-5-15-28)32-21-10-11-22-33(32)38(34,29-16-6-2-7-17-29)30-18-8-3-9-19-30/h1-25,40H,26,39H2. The van der Waals surface area contributed by atoms with E-state index in [0.717, 1.165) is 16.9 Å². The second-order valence-electron chi connectivity index (χ2n) is 10.3. The lowest BCUT2D eigenvalue weighted by Gasteiger charge is -2.34. The predicted octanol–water partition coefficient (Wildman–Crippen LogP) is 8.92. The first-order valence-corrected chi connectivity index (χ1v) is 13.8. The second kappa shape index (κ2) is 10.00. The van der Waals surface area contributed by atoms with Gasteiger partial charge in [-0.05, 0) is 62.7 Å². The quantitative estimate of drug-likeness (QED) is 0.232. The van der Waals surface area contributed by atoms with Gasteiger partial charge in [0.2, 0.25) is 0 Å². The highest BCUT2D eigenvalue weighted by Crippen LogP contribution is 2.59. The topological polar surface area (TPSA) is 38.0 Å². The van der Waals surface area contributed by atoms with Gasteiger partial charge in [0.05, 0.1) is 5.41 Å². The Morgan fingerprint density at radius 1 is 0.525 bits per heavy atom. The molecule has 0 spiro atoms. The Morgan fingerprint density at radius 3 is 1.82 bits per heavy atom. The molecule has 40 heavy (non-hydrogen) atoms. The number of nitrogens with two attached hydrogens (primary N) is 1. The Labute approximate surface area is 235 Å². The molecule has 6 aromatic carbocycles. The van der Waals surface area contributed by atoms with Gasteiger partial charge in [0.25, 0.3) is 0 Å². The van der Waals surface area contributed by atoms with E-state index in [2.05, 4.69) is 157 Å². The summed E-state index contributed by atoms with van der Waals surface area (Å²) in [5, 5.41) is 3.76. The molecule has 2 nitrogen and oxygen atoms in total. The molecule has 0 unspecified atom stereocenters. The Bertz CT molecular complexity index is 1750. The summed E-state index contributed by atoms with van der Waals surface area (Å²) in [6, 6.07) is 54.5. The van der Waals surface area contributed by atoms with Gasteiger partial charge in [-0.3, -0.25) is 0 Å². The summed E-state index contributed by atoms with van der Waals surface area (Å²) in [5.74, 6) is 0. The lowest BCUT2D eigenvalue weighted by molar-refractivity contribution is 0.768. The van der Waals surface area contributed by atoms with Gasteiger partial charge in [0, 0.05) is 23.5 Å². The summed E-state index contributed by atoms with van der Waals surface area (Å²) >= 11 is 0. The monoisotopic (exact) mass is 514 g/mol. The maximum atomic E-state index is 5.97. The van der Waals surface area contributed by atoms with Crippen LogP contribution in [0.1, 0.15) is 27.8 Å². The number of nitrogens with one attached hydrogen (secondary N) is 1. The Kier molecular flexibility index (Phi) is 6.03. The minimum absolute atomic E-state index is 0.435. The van der Waals surface area contributed by atoms with Crippen LogP contribution in [0.15, 0.2) is 152 Å². The molecule has 0 radical (unpaired) electrons. The summed E-state index contributed by atoms with van der Waals surface area (Å²) in [6.45, 7) is 0.509. The van der Waals surface area contributed by atoms with Crippen molar-refractivity contribution < 1.29 is 0 Å². The van der Waals surface area contributed by atoms with Gasteiger partial charge in [0.1, 0.15) is 0 Å². The number of hydrogen-bond acceptors (Lipinski definition) is 2. The number of anilines is 2. The Balaban J connectivity index is 1.58. The van der Waals surface area contributed by atoms with Crippen LogP contribution in [0.4, 0.5) is 11.4 Å². The van der Waals surface area contributed by atoms with Crippen LogP contribution in [0.5, 0.6) is 0 Å². The van der Waals surface area contributed by atoms with Crippen LogP contribution in [0.25, 0.3) is 22.3 Å². The molecule has 0 bridgehead atoms. The molecule has 1 aliphatic carbocycles. The van der Waals surface area contributed by atoms with Crippen LogP contribution in [-0.2, 0) is 12.0 Å². The third kappa shape index (κ3) is 3.77. The molecule has 6 aromatic rings. The van der Waals surface area contributed by atoms with Gasteiger partial charge < -0.3 is 11.1 Å². The van der Waals surface area contributed by atoms with Crippen molar-refractivity contribution in [1.29, 1.82) is 0 Å². The average Bonchev–Trinajstić information content (AvgIpc) is 3.33. The molecular weight excluding hydrogens is 484 g/mol. The summed E-state index contributed by atoms with van der Waals surface area (Å²) in [5.41, 5.74) is 18.8. The molecule has 0 aliphatic heterocycles. The molecule has 0 atom stereocenters. The third-order valence-corrected chi connectivity index (χ3v) is 8.13. The Hall–Kier alpha value is -4.92. The normalized spacial score (nSPS) is 12.9. The maximum Gasteiger partial charge on any atom is 0.0713 e. The van der Waals surface area contributed by atoms with Crippen molar-refractivity contribution in [3.63, 3.8) is 0 Å². The van der Waals surface area contributed by atoms with E-state index >= 15 is 0 Å². The molecule has 1 aliphatic rings. The molecular formula is C38H30N2. The van der Waals surface area contributed by atoms with Crippen LogP contribution >= 0.6 is 0 Å². The highest BCUT2D eigenvalue weighted by atomic mass is 14.9. The molecule has 0 saturated heterocycles. The van der Waals surface area contributed by atoms with E-state index in [4.69, 9.17) is 5.73 Å². The lowest BCUT2D eigenvalue weighted by atomic mass is 9.67. The molecule has 0 fully saturated rings. The predicted molar refractivity (Wildman–Crippen MR) is 167 cm³/mol. The van der Waals surface area contributed by atoms with Crippen molar-refractivity contribution in [2.75, 3.05) is 5.32 Å². The molecule has 192 valence electrons. The fourth-order valence-electron chi connectivity index (χ4n) is 6.47. The van der Waals surface area contributed by atoms with Crippen molar-refractivity contribution >= 4 is 11.4 Å². The Morgan fingerprint density at radius 2 is 1.15 bits per heavy atom. The van der Waals surface area contributed by atoms with Gasteiger partial charge in [-0.25, -0.2) is 0 Å². The number of hydrogen-bond donors (Lipinski definition) is 2. The largest absolute Gasteiger partial charge is 0.355 e. The lowest BCUT2D eigenvalue weighted by Crippen LogP contribution is -2.28. The van der Waals surface area contributed by atoms with Gasteiger partial charge in [-0.1, -0.05) is 133 Å². The van der Waals surface area contributed by atoms with E-state index in [9.17, 15) is 0 Å². The molecule has 0 saturated carbocycles. The van der Waals surface area contributed by atoms with E-state index in [0.29, 0.717) is 6.54 Å². The zero-order chi connectivity index (χ0) is 26.9. The molecule has 3 N–H and O–H groups in total. The fourth-order valence-corrected chi connectivity index (χ4v) is 6.47. The van der Waals surface area contributed by atoms with E-state index in [-0.39, 0.29) is 0 Å². The molecule has 0 aromatic heterocycles. The van der Waals surface area contributed by atoms with Crippen molar-refractivity contribution in [2.24, 2.45) is 5.73 Å². The average molecular weight is 515 g/mol. The summed E-state index contributed by atoms with van der Waals surface area (Å²) in [4.78, 5) is 0. The van der Waals surface area contributed by atoms with Crippen LogP contribution < -0.4 is 11.1 Å². The van der Waals surface area contributed by atoms with Gasteiger partial charge >= 0.3 is 0 Å². The van der Waals surface area contributed by atoms with Crippen LogP contribution in [0.2, 0.25) is 0 Å². The SMILES string of the molecule is NCc1cccc(Nc2ccc3c(c2-c2ccccc2)-c2ccccc2C3(c2ccccc2)c2ccccc2)c1.